The van der Waals surface area contributed by atoms with Crippen LogP contribution in [0.2, 0.25) is 0 Å². The van der Waals surface area contributed by atoms with Gasteiger partial charge in [0.15, 0.2) is 0 Å². The molecule has 0 atom stereocenters. The van der Waals surface area contributed by atoms with Crippen LogP contribution in [0.15, 0.2) is 42.6 Å². The van der Waals surface area contributed by atoms with E-state index < -0.39 is 0 Å². The highest BCUT2D eigenvalue weighted by Crippen LogP contribution is 2.22. The lowest BCUT2D eigenvalue weighted by Crippen LogP contribution is -2.23. The average molecular weight is 353 g/mol. The highest BCUT2D eigenvalue weighted by atomic mass is 16.5. The lowest BCUT2D eigenvalue weighted by atomic mass is 10.2. The number of nitrogens with one attached hydrogen (secondary N) is 2. The lowest BCUT2D eigenvalue weighted by Gasteiger charge is -2.10. The molecule has 6 nitrogen and oxygen atoms in total. The molecular weight excluding hydrogens is 330 g/mol. The molecule has 2 N–H and O–H groups in total. The third kappa shape index (κ3) is 4.14. The molecule has 3 rings (SSSR count). The quantitative estimate of drug-likeness (QED) is 0.648. The Hall–Kier alpha value is -3.02. The summed E-state index contributed by atoms with van der Waals surface area (Å²) in [6.07, 6.45) is 2.59. The molecule has 2 aromatic heterocycles. The van der Waals surface area contributed by atoms with E-state index in [0.717, 1.165) is 28.6 Å². The molecular formula is C20H23N3O3. The van der Waals surface area contributed by atoms with E-state index in [1.165, 1.54) is 0 Å². The van der Waals surface area contributed by atoms with Gasteiger partial charge >= 0.3 is 0 Å². The molecule has 26 heavy (non-hydrogen) atoms. The second kappa shape index (κ2) is 8.38. The maximum Gasteiger partial charge on any atom is 0.267 e. The summed E-state index contributed by atoms with van der Waals surface area (Å²) in [7, 11) is 0. The van der Waals surface area contributed by atoms with Gasteiger partial charge in [-0.3, -0.25) is 4.79 Å². The number of nitrogens with zero attached hydrogens (tertiary/aromatic N) is 1. The summed E-state index contributed by atoms with van der Waals surface area (Å²) in [6.45, 7) is 5.53. The monoisotopic (exact) mass is 353 g/mol. The van der Waals surface area contributed by atoms with Crippen molar-refractivity contribution in [2.45, 2.75) is 26.8 Å². The highest BCUT2D eigenvalue weighted by Gasteiger charge is 2.12. The van der Waals surface area contributed by atoms with Gasteiger partial charge in [0.25, 0.3) is 5.91 Å². The number of hydrogen-bond donors (Lipinski definition) is 2. The Morgan fingerprint density at radius 2 is 2.08 bits per heavy atom. The first kappa shape index (κ1) is 17.8. The molecule has 1 amide bonds. The average Bonchev–Trinajstić information content (AvgIpc) is 3.09. The van der Waals surface area contributed by atoms with Gasteiger partial charge in [-0.2, -0.15) is 0 Å². The summed E-state index contributed by atoms with van der Waals surface area (Å²) in [5.41, 5.74) is 2.23. The van der Waals surface area contributed by atoms with E-state index in [2.05, 4.69) is 15.3 Å². The van der Waals surface area contributed by atoms with Crippen LogP contribution < -0.4 is 14.8 Å². The number of aromatic nitrogens is 2. The van der Waals surface area contributed by atoms with Crippen molar-refractivity contribution in [2.24, 2.45) is 0 Å². The molecule has 136 valence electrons. The Labute approximate surface area is 152 Å². The number of hydrogen-bond acceptors (Lipinski definition) is 4. The molecule has 0 radical (unpaired) electrons. The van der Waals surface area contributed by atoms with Crippen molar-refractivity contribution < 1.29 is 14.3 Å². The van der Waals surface area contributed by atoms with Crippen LogP contribution in [0.25, 0.3) is 10.9 Å². The summed E-state index contributed by atoms with van der Waals surface area (Å²) in [5.74, 6) is 1.17. The van der Waals surface area contributed by atoms with Crippen molar-refractivity contribution in [3.05, 3.63) is 53.9 Å². The minimum atomic E-state index is -0.176. The van der Waals surface area contributed by atoms with Crippen LogP contribution in [0.3, 0.4) is 0 Å². The van der Waals surface area contributed by atoms with E-state index in [4.69, 9.17) is 9.47 Å². The van der Waals surface area contributed by atoms with Gasteiger partial charge in [0.1, 0.15) is 11.4 Å². The molecule has 0 unspecified atom stereocenters. The number of carbonyl (C=O) groups excluding carboxylic acids is 1. The minimum Gasteiger partial charge on any atom is -0.494 e. The molecule has 0 saturated carbocycles. The highest BCUT2D eigenvalue weighted by molar-refractivity contribution is 5.98. The molecule has 0 aliphatic heterocycles. The van der Waals surface area contributed by atoms with E-state index in [0.29, 0.717) is 31.3 Å². The van der Waals surface area contributed by atoms with Gasteiger partial charge in [0.05, 0.1) is 13.2 Å². The zero-order valence-corrected chi connectivity index (χ0v) is 15.0. The predicted octanol–water partition coefficient (Wildman–Crippen LogP) is 3.68. The first-order valence-corrected chi connectivity index (χ1v) is 8.81. The van der Waals surface area contributed by atoms with E-state index >= 15 is 0 Å². The summed E-state index contributed by atoms with van der Waals surface area (Å²) in [4.78, 5) is 19.9. The van der Waals surface area contributed by atoms with Crippen LogP contribution in [-0.4, -0.2) is 29.1 Å². The van der Waals surface area contributed by atoms with Gasteiger partial charge in [-0.1, -0.05) is 13.0 Å². The minimum absolute atomic E-state index is 0.176. The van der Waals surface area contributed by atoms with E-state index in [9.17, 15) is 4.79 Å². The number of carbonyl (C=O) groups is 1. The van der Waals surface area contributed by atoms with E-state index in [-0.39, 0.29) is 5.91 Å². The van der Waals surface area contributed by atoms with Crippen molar-refractivity contribution in [1.82, 2.24) is 15.3 Å². The molecule has 0 fully saturated rings. The van der Waals surface area contributed by atoms with Crippen molar-refractivity contribution in [3.8, 4) is 11.6 Å². The van der Waals surface area contributed by atoms with Gasteiger partial charge in [-0.05, 0) is 37.6 Å². The number of amides is 1. The third-order valence-corrected chi connectivity index (χ3v) is 3.88. The topological polar surface area (TPSA) is 76.2 Å². The smallest absolute Gasteiger partial charge is 0.267 e. The molecule has 3 aromatic rings. The number of ether oxygens (including phenoxy) is 2. The molecule has 6 heteroatoms. The molecule has 0 aliphatic rings. The Kier molecular flexibility index (Phi) is 5.73. The van der Waals surface area contributed by atoms with Gasteiger partial charge in [0.2, 0.25) is 5.88 Å². The Balaban J connectivity index is 1.69. The summed E-state index contributed by atoms with van der Waals surface area (Å²) in [6, 6.07) is 11.3. The first-order valence-electron chi connectivity index (χ1n) is 8.81. The van der Waals surface area contributed by atoms with E-state index in [1.54, 1.807) is 6.20 Å². The fraction of sp³-hybridized carbons (Fsp3) is 0.300. The number of rotatable bonds is 8. The molecule has 1 aromatic carbocycles. The number of pyridine rings is 1. The Morgan fingerprint density at radius 3 is 2.88 bits per heavy atom. The van der Waals surface area contributed by atoms with Crippen LogP contribution >= 0.6 is 0 Å². The number of fused-ring (bicyclic) bond motifs is 1. The van der Waals surface area contributed by atoms with E-state index in [1.807, 2.05) is 50.2 Å². The van der Waals surface area contributed by atoms with Crippen molar-refractivity contribution >= 4 is 16.8 Å². The largest absolute Gasteiger partial charge is 0.494 e. The molecule has 0 aliphatic carbocycles. The maximum absolute atomic E-state index is 12.5. The fourth-order valence-electron chi connectivity index (χ4n) is 2.64. The summed E-state index contributed by atoms with van der Waals surface area (Å²) < 4.78 is 11.1. The van der Waals surface area contributed by atoms with Crippen LogP contribution in [0, 0.1) is 0 Å². The van der Waals surface area contributed by atoms with Crippen LogP contribution in [0.1, 0.15) is 36.3 Å². The number of benzene rings is 1. The lowest BCUT2D eigenvalue weighted by molar-refractivity contribution is 0.0946. The Morgan fingerprint density at radius 1 is 1.19 bits per heavy atom. The summed E-state index contributed by atoms with van der Waals surface area (Å²) >= 11 is 0. The predicted molar refractivity (Wildman–Crippen MR) is 101 cm³/mol. The van der Waals surface area contributed by atoms with Crippen molar-refractivity contribution in [3.63, 3.8) is 0 Å². The van der Waals surface area contributed by atoms with Gasteiger partial charge in [-0.25, -0.2) is 4.98 Å². The molecule has 0 bridgehead atoms. The molecule has 0 spiro atoms. The second-order valence-corrected chi connectivity index (χ2v) is 5.86. The van der Waals surface area contributed by atoms with Gasteiger partial charge in [-0.15, -0.1) is 0 Å². The van der Waals surface area contributed by atoms with Crippen molar-refractivity contribution in [1.29, 1.82) is 0 Å². The second-order valence-electron chi connectivity index (χ2n) is 5.86. The SMILES string of the molecule is CCCOc1ncccc1CNC(=O)c1cc2ccc(OCC)cc2[nH]1. The van der Waals surface area contributed by atoms with Crippen LogP contribution in [-0.2, 0) is 6.54 Å². The van der Waals surface area contributed by atoms with Crippen LogP contribution in [0.5, 0.6) is 11.6 Å². The zero-order chi connectivity index (χ0) is 18.4. The number of H-pyrrole nitrogens is 1. The van der Waals surface area contributed by atoms with Crippen molar-refractivity contribution in [2.75, 3.05) is 13.2 Å². The standard InChI is InChI=1S/C20H23N3O3/c1-3-10-26-20-15(6-5-9-21-20)13-22-19(24)18-11-14-7-8-16(25-4-2)12-17(14)23-18/h5-9,11-12,23H,3-4,10,13H2,1-2H3,(H,22,24). The molecule has 2 heterocycles. The maximum atomic E-state index is 12.5. The van der Waals surface area contributed by atoms with Gasteiger partial charge in [0, 0.05) is 35.3 Å². The summed E-state index contributed by atoms with van der Waals surface area (Å²) in [5, 5.41) is 3.88. The Bertz CT molecular complexity index is 889. The van der Waals surface area contributed by atoms with Gasteiger partial charge < -0.3 is 19.8 Å². The zero-order valence-electron chi connectivity index (χ0n) is 15.0. The third-order valence-electron chi connectivity index (χ3n) is 3.88. The molecule has 0 saturated heterocycles. The fourth-order valence-corrected chi connectivity index (χ4v) is 2.64. The van der Waals surface area contributed by atoms with Crippen LogP contribution in [0.4, 0.5) is 0 Å². The normalized spacial score (nSPS) is 10.7. The number of aromatic amines is 1. The first-order chi connectivity index (χ1) is 12.7.